The number of fused-ring (bicyclic) bond motifs is 2. The molecular weight excluding hydrogens is 407 g/mol. The first-order valence-corrected chi connectivity index (χ1v) is 10.0. The second-order valence-corrected chi connectivity index (χ2v) is 8.00. The molecule has 0 saturated heterocycles. The maximum absolute atomic E-state index is 13.1. The van der Waals surface area contributed by atoms with Crippen molar-refractivity contribution in [3.05, 3.63) is 22.6 Å². The Bertz CT molecular complexity index is 1020. The molecule has 156 valence electrons. The van der Waals surface area contributed by atoms with Crippen molar-refractivity contribution in [1.82, 2.24) is 24.7 Å². The van der Waals surface area contributed by atoms with Gasteiger partial charge in [-0.05, 0) is 32.4 Å². The van der Waals surface area contributed by atoms with Gasteiger partial charge in [0, 0.05) is 18.0 Å². The minimum Gasteiger partial charge on any atom is -0.463 e. The average molecular weight is 427 g/mol. The molecule has 0 fully saturated rings. The summed E-state index contributed by atoms with van der Waals surface area (Å²) in [6.45, 7) is 3.67. The van der Waals surface area contributed by atoms with Gasteiger partial charge in [0.15, 0.2) is 5.82 Å². The van der Waals surface area contributed by atoms with Crippen molar-refractivity contribution < 1.29 is 17.9 Å². The molecule has 4 heterocycles. The number of hydrogen-bond donors (Lipinski definition) is 1. The van der Waals surface area contributed by atoms with Crippen molar-refractivity contribution in [2.45, 2.75) is 39.0 Å². The smallest absolute Gasteiger partial charge is 0.451 e. The third-order valence-corrected chi connectivity index (χ3v) is 5.56. The van der Waals surface area contributed by atoms with Gasteiger partial charge in [-0.3, -0.25) is 0 Å². The van der Waals surface area contributed by atoms with Crippen molar-refractivity contribution in [2.75, 3.05) is 24.6 Å². The molecule has 1 aliphatic rings. The van der Waals surface area contributed by atoms with Gasteiger partial charge in [0.1, 0.15) is 10.6 Å². The summed E-state index contributed by atoms with van der Waals surface area (Å²) in [6, 6.07) is 2.24. The van der Waals surface area contributed by atoms with Gasteiger partial charge < -0.3 is 19.9 Å². The number of anilines is 1. The number of aromatic nitrogens is 5. The number of aryl methyl sites for hydroxylation is 1. The molecule has 0 bridgehead atoms. The molecule has 3 aromatic rings. The van der Waals surface area contributed by atoms with Crippen molar-refractivity contribution >= 4 is 27.4 Å². The summed E-state index contributed by atoms with van der Waals surface area (Å²) in [4.78, 5) is 12.8. The van der Waals surface area contributed by atoms with E-state index in [1.54, 1.807) is 0 Å². The number of hydrogen-bond acceptors (Lipinski definition) is 8. The number of halogens is 3. The number of nitrogens with zero attached hydrogens (tertiary/aromatic N) is 6. The van der Waals surface area contributed by atoms with E-state index in [0.717, 1.165) is 32.5 Å². The van der Waals surface area contributed by atoms with E-state index in [1.807, 2.05) is 17.9 Å². The maximum atomic E-state index is 13.1. The zero-order chi connectivity index (χ0) is 20.6. The molecule has 29 heavy (non-hydrogen) atoms. The minimum absolute atomic E-state index is 0.123. The van der Waals surface area contributed by atoms with Crippen LogP contribution in [-0.2, 0) is 19.3 Å². The second-order valence-electron chi connectivity index (χ2n) is 6.76. The lowest BCUT2D eigenvalue weighted by Crippen LogP contribution is -2.36. The number of thiophene rings is 1. The van der Waals surface area contributed by atoms with Crippen LogP contribution in [0.3, 0.4) is 0 Å². The predicted molar refractivity (Wildman–Crippen MR) is 102 cm³/mol. The Kier molecular flexibility index (Phi) is 5.30. The standard InChI is InChI=1S/C17H20F3N7OS/c1-10-8-11-13(22-16(23-14(11)29-10)28-7-3-2-4-21)26-5-6-27-12(9-26)24-25-15(27)17(18,19)20/h8H,2-7,9,21H2,1H3. The van der Waals surface area contributed by atoms with Gasteiger partial charge >= 0.3 is 12.2 Å². The molecule has 3 aromatic heterocycles. The molecule has 0 spiro atoms. The Labute approximate surface area is 168 Å². The highest BCUT2D eigenvalue weighted by atomic mass is 32.1. The third-order valence-electron chi connectivity index (χ3n) is 4.61. The van der Waals surface area contributed by atoms with E-state index < -0.39 is 12.0 Å². The van der Waals surface area contributed by atoms with Gasteiger partial charge in [-0.25, -0.2) is 0 Å². The summed E-state index contributed by atoms with van der Waals surface area (Å²) in [7, 11) is 0. The van der Waals surface area contributed by atoms with Gasteiger partial charge in [-0.2, -0.15) is 23.1 Å². The zero-order valence-corrected chi connectivity index (χ0v) is 16.6. The van der Waals surface area contributed by atoms with Crippen molar-refractivity contribution in [2.24, 2.45) is 5.73 Å². The molecule has 0 saturated carbocycles. The Morgan fingerprint density at radius 1 is 1.21 bits per heavy atom. The number of ether oxygens (including phenoxy) is 1. The molecular formula is C17H20F3N7OS. The molecule has 2 N–H and O–H groups in total. The van der Waals surface area contributed by atoms with Crippen LogP contribution in [0.5, 0.6) is 6.01 Å². The van der Waals surface area contributed by atoms with Crippen LogP contribution >= 0.6 is 11.3 Å². The lowest BCUT2D eigenvalue weighted by atomic mass is 10.3. The molecule has 0 aliphatic carbocycles. The van der Waals surface area contributed by atoms with E-state index in [4.69, 9.17) is 10.5 Å². The largest absolute Gasteiger partial charge is 0.463 e. The van der Waals surface area contributed by atoms with Crippen molar-refractivity contribution in [3.8, 4) is 6.01 Å². The molecule has 1 aliphatic heterocycles. The fourth-order valence-electron chi connectivity index (χ4n) is 3.27. The lowest BCUT2D eigenvalue weighted by molar-refractivity contribution is -0.147. The number of alkyl halides is 3. The van der Waals surface area contributed by atoms with Gasteiger partial charge in [0.2, 0.25) is 5.82 Å². The van der Waals surface area contributed by atoms with Gasteiger partial charge in [0.05, 0.1) is 18.5 Å². The normalized spacial score (nSPS) is 14.4. The lowest BCUT2D eigenvalue weighted by Gasteiger charge is -2.29. The van der Waals surface area contributed by atoms with E-state index >= 15 is 0 Å². The molecule has 4 rings (SSSR count). The van der Waals surface area contributed by atoms with E-state index in [0.29, 0.717) is 25.5 Å². The summed E-state index contributed by atoms with van der Waals surface area (Å²) in [5.41, 5.74) is 5.50. The van der Waals surface area contributed by atoms with Crippen LogP contribution in [0.2, 0.25) is 0 Å². The van der Waals surface area contributed by atoms with Gasteiger partial charge in [0.25, 0.3) is 0 Å². The van der Waals surface area contributed by atoms with Crippen molar-refractivity contribution in [1.29, 1.82) is 0 Å². The fourth-order valence-corrected chi connectivity index (χ4v) is 4.14. The highest BCUT2D eigenvalue weighted by Crippen LogP contribution is 2.35. The van der Waals surface area contributed by atoms with E-state index in [-0.39, 0.29) is 24.9 Å². The third kappa shape index (κ3) is 3.99. The van der Waals surface area contributed by atoms with Gasteiger partial charge in [-0.1, -0.05) is 0 Å². The topological polar surface area (TPSA) is 95.0 Å². The molecule has 12 heteroatoms. The van der Waals surface area contributed by atoms with Gasteiger partial charge in [-0.15, -0.1) is 21.5 Å². The Balaban J connectivity index is 1.64. The van der Waals surface area contributed by atoms with E-state index in [2.05, 4.69) is 20.2 Å². The number of nitrogens with two attached hydrogens (primary N) is 1. The van der Waals surface area contributed by atoms with Crippen LogP contribution < -0.4 is 15.4 Å². The quantitative estimate of drug-likeness (QED) is 0.605. The summed E-state index contributed by atoms with van der Waals surface area (Å²) >= 11 is 1.52. The molecule has 0 aromatic carbocycles. The maximum Gasteiger partial charge on any atom is 0.451 e. The molecule has 0 amide bonds. The van der Waals surface area contributed by atoms with Crippen LogP contribution in [0.15, 0.2) is 6.07 Å². The van der Waals surface area contributed by atoms with Crippen LogP contribution in [0.1, 0.15) is 29.4 Å². The average Bonchev–Trinajstić information content (AvgIpc) is 3.26. The monoisotopic (exact) mass is 427 g/mol. The molecule has 0 atom stereocenters. The van der Waals surface area contributed by atoms with Crippen LogP contribution in [0.25, 0.3) is 10.2 Å². The van der Waals surface area contributed by atoms with E-state index in [9.17, 15) is 13.2 Å². The predicted octanol–water partition coefficient (Wildman–Crippen LogP) is 2.75. The zero-order valence-electron chi connectivity index (χ0n) is 15.7. The summed E-state index contributed by atoms with van der Waals surface area (Å²) < 4.78 is 46.1. The molecule has 0 unspecified atom stereocenters. The number of rotatable bonds is 6. The van der Waals surface area contributed by atoms with Crippen LogP contribution in [-0.4, -0.2) is 44.4 Å². The summed E-state index contributed by atoms with van der Waals surface area (Å²) in [6.07, 6.45) is -2.88. The number of unbranched alkanes of at least 4 members (excludes halogenated alkanes) is 1. The molecule has 0 radical (unpaired) electrons. The first kappa shape index (κ1) is 19.8. The van der Waals surface area contributed by atoms with Crippen LogP contribution in [0, 0.1) is 6.92 Å². The van der Waals surface area contributed by atoms with Crippen molar-refractivity contribution in [3.63, 3.8) is 0 Å². The summed E-state index contributed by atoms with van der Waals surface area (Å²) in [5.74, 6) is -0.0704. The summed E-state index contributed by atoms with van der Waals surface area (Å²) in [5, 5.41) is 7.93. The highest BCUT2D eigenvalue weighted by Gasteiger charge is 2.39. The fraction of sp³-hybridized carbons (Fsp3) is 0.529. The molecule has 8 nitrogen and oxygen atoms in total. The van der Waals surface area contributed by atoms with E-state index in [1.165, 1.54) is 11.3 Å². The highest BCUT2D eigenvalue weighted by molar-refractivity contribution is 7.18. The first-order chi connectivity index (χ1) is 13.9. The Morgan fingerprint density at radius 3 is 2.79 bits per heavy atom. The Hall–Kier alpha value is -2.47. The minimum atomic E-state index is -4.52. The van der Waals surface area contributed by atoms with Crippen LogP contribution in [0.4, 0.5) is 19.0 Å². The Morgan fingerprint density at radius 2 is 2.03 bits per heavy atom. The first-order valence-electron chi connectivity index (χ1n) is 9.22. The second kappa shape index (κ2) is 7.75. The SMILES string of the molecule is Cc1cc2c(N3CCn4c(nnc4C(F)(F)F)C3)nc(OCCCCN)nc2s1.